The molecule has 2 heterocycles. The lowest BCUT2D eigenvalue weighted by molar-refractivity contribution is 0.0813. The van der Waals surface area contributed by atoms with Crippen molar-refractivity contribution in [2.75, 3.05) is 11.9 Å². The number of hydrogen-bond donors (Lipinski definition) is 1. The van der Waals surface area contributed by atoms with Gasteiger partial charge in [-0.05, 0) is 53.8 Å². The molecule has 0 aliphatic heterocycles. The van der Waals surface area contributed by atoms with Gasteiger partial charge in [0.05, 0.1) is 15.8 Å². The van der Waals surface area contributed by atoms with Gasteiger partial charge in [0.25, 0.3) is 6.43 Å². The van der Waals surface area contributed by atoms with Gasteiger partial charge >= 0.3 is 0 Å². The molecule has 1 N–H and O–H groups in total. The number of aromatic nitrogens is 3. The number of nitrogens with one attached hydrogen (secondary N) is 1. The molecule has 0 radical (unpaired) electrons. The summed E-state index contributed by atoms with van der Waals surface area (Å²) in [6.45, 7) is 1.03. The predicted octanol–water partition coefficient (Wildman–Crippen LogP) is 4.29. The van der Waals surface area contributed by atoms with Gasteiger partial charge in [0.2, 0.25) is 0 Å². The summed E-state index contributed by atoms with van der Waals surface area (Å²) in [6, 6.07) is 5.11. The first-order valence-electron chi connectivity index (χ1n) is 7.41. The maximum absolute atomic E-state index is 13.6. The van der Waals surface area contributed by atoms with Crippen LogP contribution in [0.15, 0.2) is 36.7 Å². The highest BCUT2D eigenvalue weighted by atomic mass is 127. The molecule has 1 aromatic carbocycles. The van der Waals surface area contributed by atoms with Gasteiger partial charge in [0.1, 0.15) is 24.0 Å². The van der Waals surface area contributed by atoms with Crippen LogP contribution in [0.2, 0.25) is 0 Å². The van der Waals surface area contributed by atoms with Crippen molar-refractivity contribution in [3.05, 3.63) is 51.6 Å². The van der Waals surface area contributed by atoms with E-state index in [1.54, 1.807) is 29.9 Å². The summed E-state index contributed by atoms with van der Waals surface area (Å²) in [7, 11) is 0. The zero-order valence-corrected chi connectivity index (χ0v) is 15.2. The van der Waals surface area contributed by atoms with Gasteiger partial charge in [-0.25, -0.2) is 22.7 Å². The number of halogens is 4. The normalized spacial score (nSPS) is 12.6. The number of rotatable bonds is 6. The first-order valence-corrected chi connectivity index (χ1v) is 8.48. The minimum Gasteiger partial charge on any atom is -0.487 e. The first-order chi connectivity index (χ1) is 11.9. The molecule has 5 nitrogen and oxygen atoms in total. The SMILES string of the molecule is C[C@@H](Nc1ccn2ncc(I)c2n1)c1cc(F)ccc1OCC(F)F. The quantitative estimate of drug-likeness (QED) is 0.556. The number of fused-ring (bicyclic) bond motifs is 1. The molecule has 3 aromatic rings. The number of alkyl halides is 2. The van der Waals surface area contributed by atoms with Crippen LogP contribution in [0.1, 0.15) is 18.5 Å². The fraction of sp³-hybridized carbons (Fsp3) is 0.250. The Morgan fingerprint density at radius 1 is 1.32 bits per heavy atom. The third-order valence-corrected chi connectivity index (χ3v) is 4.25. The third kappa shape index (κ3) is 4.14. The van der Waals surface area contributed by atoms with Crippen LogP contribution in [0.4, 0.5) is 19.0 Å². The van der Waals surface area contributed by atoms with Crippen LogP contribution in [-0.4, -0.2) is 27.6 Å². The summed E-state index contributed by atoms with van der Waals surface area (Å²) in [5.74, 6) is 0.297. The van der Waals surface area contributed by atoms with Crippen LogP contribution >= 0.6 is 22.6 Å². The Balaban J connectivity index is 1.84. The van der Waals surface area contributed by atoms with Crippen molar-refractivity contribution in [1.29, 1.82) is 0 Å². The van der Waals surface area contributed by atoms with Gasteiger partial charge in [-0.2, -0.15) is 5.10 Å². The number of hydrogen-bond acceptors (Lipinski definition) is 4. The summed E-state index contributed by atoms with van der Waals surface area (Å²) in [5, 5.41) is 7.27. The summed E-state index contributed by atoms with van der Waals surface area (Å²) in [6.07, 6.45) is 0.840. The lowest BCUT2D eigenvalue weighted by Gasteiger charge is -2.19. The van der Waals surface area contributed by atoms with Crippen molar-refractivity contribution >= 4 is 34.1 Å². The van der Waals surface area contributed by atoms with Crippen molar-refractivity contribution in [3.63, 3.8) is 0 Å². The Morgan fingerprint density at radius 3 is 2.88 bits per heavy atom. The number of ether oxygens (including phenoxy) is 1. The molecule has 0 spiro atoms. The highest BCUT2D eigenvalue weighted by Gasteiger charge is 2.16. The van der Waals surface area contributed by atoms with Crippen molar-refractivity contribution in [1.82, 2.24) is 14.6 Å². The zero-order chi connectivity index (χ0) is 18.0. The molecular weight excluding hydrogens is 448 g/mol. The summed E-state index contributed by atoms with van der Waals surface area (Å²) in [5.41, 5.74) is 1.12. The smallest absolute Gasteiger partial charge is 0.272 e. The minimum absolute atomic E-state index is 0.210. The average Bonchev–Trinajstić information content (AvgIpc) is 2.94. The van der Waals surface area contributed by atoms with Crippen LogP contribution in [0.5, 0.6) is 5.75 Å². The summed E-state index contributed by atoms with van der Waals surface area (Å²) < 4.78 is 46.0. The second-order valence-electron chi connectivity index (χ2n) is 5.32. The monoisotopic (exact) mass is 462 g/mol. The van der Waals surface area contributed by atoms with E-state index in [0.29, 0.717) is 17.0 Å². The Morgan fingerprint density at radius 2 is 2.12 bits per heavy atom. The molecule has 0 amide bonds. The van der Waals surface area contributed by atoms with E-state index >= 15 is 0 Å². The molecule has 1 atom stereocenters. The Labute approximate surface area is 155 Å². The van der Waals surface area contributed by atoms with E-state index in [-0.39, 0.29) is 5.75 Å². The van der Waals surface area contributed by atoms with Crippen LogP contribution < -0.4 is 10.1 Å². The molecule has 0 fully saturated rings. The van der Waals surface area contributed by atoms with Gasteiger partial charge in [-0.15, -0.1) is 0 Å². The maximum Gasteiger partial charge on any atom is 0.272 e. The van der Waals surface area contributed by atoms with E-state index < -0.39 is 24.9 Å². The van der Waals surface area contributed by atoms with Crippen LogP contribution in [0.3, 0.4) is 0 Å². The minimum atomic E-state index is -2.60. The van der Waals surface area contributed by atoms with E-state index in [9.17, 15) is 13.2 Å². The molecule has 9 heteroatoms. The number of benzene rings is 1. The van der Waals surface area contributed by atoms with Crippen LogP contribution in [0, 0.1) is 9.39 Å². The van der Waals surface area contributed by atoms with Crippen LogP contribution in [0.25, 0.3) is 5.65 Å². The largest absolute Gasteiger partial charge is 0.487 e. The second kappa shape index (κ2) is 7.46. The number of anilines is 1. The third-order valence-electron chi connectivity index (χ3n) is 3.49. The average molecular weight is 462 g/mol. The van der Waals surface area contributed by atoms with Gasteiger partial charge in [-0.3, -0.25) is 0 Å². The fourth-order valence-corrected chi connectivity index (χ4v) is 2.86. The zero-order valence-electron chi connectivity index (χ0n) is 13.1. The van der Waals surface area contributed by atoms with Gasteiger partial charge in [-0.1, -0.05) is 0 Å². The first kappa shape index (κ1) is 17.8. The van der Waals surface area contributed by atoms with E-state index in [1.165, 1.54) is 18.2 Å². The molecule has 0 saturated carbocycles. The molecule has 0 saturated heterocycles. The highest BCUT2D eigenvalue weighted by molar-refractivity contribution is 14.1. The predicted molar refractivity (Wildman–Crippen MR) is 95.6 cm³/mol. The molecule has 0 aliphatic carbocycles. The fourth-order valence-electron chi connectivity index (χ4n) is 2.36. The Kier molecular flexibility index (Phi) is 5.30. The molecule has 132 valence electrons. The standard InChI is InChI=1S/C16H14F3IN4O/c1-9(11-6-10(17)2-3-13(11)25-8-14(18)19)22-15-4-5-24-16(23-15)12(20)7-21-24/h2-7,9,14H,8H2,1H3,(H,22,23)/t9-/m1/s1. The molecule has 3 rings (SSSR count). The van der Waals surface area contributed by atoms with E-state index in [4.69, 9.17) is 4.74 Å². The summed E-state index contributed by atoms with van der Waals surface area (Å²) in [4.78, 5) is 4.45. The topological polar surface area (TPSA) is 51.5 Å². The van der Waals surface area contributed by atoms with E-state index in [2.05, 4.69) is 38.0 Å². The summed E-state index contributed by atoms with van der Waals surface area (Å²) >= 11 is 2.13. The van der Waals surface area contributed by atoms with Gasteiger partial charge in [0.15, 0.2) is 5.65 Å². The molecule has 0 bridgehead atoms. The molecule has 2 aromatic heterocycles. The Hall–Kier alpha value is -2.04. The second-order valence-corrected chi connectivity index (χ2v) is 6.49. The molecule has 25 heavy (non-hydrogen) atoms. The van der Waals surface area contributed by atoms with Crippen molar-refractivity contribution in [2.24, 2.45) is 0 Å². The van der Waals surface area contributed by atoms with Gasteiger partial charge < -0.3 is 10.1 Å². The highest BCUT2D eigenvalue weighted by Crippen LogP contribution is 2.29. The van der Waals surface area contributed by atoms with Crippen LogP contribution in [-0.2, 0) is 0 Å². The molecule has 0 aliphatic rings. The van der Waals surface area contributed by atoms with Crippen molar-refractivity contribution in [2.45, 2.75) is 19.4 Å². The number of nitrogens with zero attached hydrogens (tertiary/aromatic N) is 3. The lowest BCUT2D eigenvalue weighted by atomic mass is 10.1. The van der Waals surface area contributed by atoms with Crippen molar-refractivity contribution in [3.8, 4) is 5.75 Å². The molecular formula is C16H14F3IN4O. The Bertz CT molecular complexity index is 887. The maximum atomic E-state index is 13.6. The van der Waals surface area contributed by atoms with E-state index in [1.807, 2.05) is 0 Å². The van der Waals surface area contributed by atoms with Crippen molar-refractivity contribution < 1.29 is 17.9 Å². The van der Waals surface area contributed by atoms with E-state index in [0.717, 1.165) is 3.57 Å². The van der Waals surface area contributed by atoms with Gasteiger partial charge in [0, 0.05) is 11.8 Å². The lowest BCUT2D eigenvalue weighted by Crippen LogP contribution is -2.13. The molecule has 0 unspecified atom stereocenters.